The van der Waals surface area contributed by atoms with Crippen LogP contribution in [-0.4, -0.2) is 11.8 Å². The molecule has 1 saturated heterocycles. The van der Waals surface area contributed by atoms with Gasteiger partial charge in [0.2, 0.25) is 11.8 Å². The van der Waals surface area contributed by atoms with Crippen molar-refractivity contribution in [2.75, 3.05) is 0 Å². The van der Waals surface area contributed by atoms with Crippen LogP contribution >= 0.6 is 0 Å². The fraction of sp³-hybridized carbons (Fsp3) is 0.273. The van der Waals surface area contributed by atoms with Gasteiger partial charge in [-0.05, 0) is 5.56 Å². The Morgan fingerprint density at radius 1 is 1.07 bits per heavy atom. The van der Waals surface area contributed by atoms with Crippen LogP contribution in [0.5, 0.6) is 0 Å². The summed E-state index contributed by atoms with van der Waals surface area (Å²) in [7, 11) is 0. The number of hydrogen-bond donors (Lipinski definition) is 1. The fourth-order valence-corrected chi connectivity index (χ4v) is 1.79. The highest BCUT2D eigenvalue weighted by Crippen LogP contribution is 2.29. The molecule has 0 bridgehead atoms. The quantitative estimate of drug-likeness (QED) is 0.671. The third-order valence-corrected chi connectivity index (χ3v) is 2.60. The minimum atomic E-state index is -0.316. The SMILES string of the molecule is C[C@@H]1C(=O)NC(=O)[C@H]1c1ccccc1. The first kappa shape index (κ1) is 8.94. The third-order valence-electron chi connectivity index (χ3n) is 2.60. The smallest absolute Gasteiger partial charge is 0.234 e. The first-order chi connectivity index (χ1) is 6.70. The summed E-state index contributed by atoms with van der Waals surface area (Å²) in [6.07, 6.45) is 0. The Kier molecular flexibility index (Phi) is 2.08. The summed E-state index contributed by atoms with van der Waals surface area (Å²) in [5.41, 5.74) is 0.906. The van der Waals surface area contributed by atoms with Crippen LogP contribution in [0.2, 0.25) is 0 Å². The number of hydrogen-bond acceptors (Lipinski definition) is 2. The summed E-state index contributed by atoms with van der Waals surface area (Å²) in [5, 5.41) is 2.34. The summed E-state index contributed by atoms with van der Waals surface area (Å²) in [5.74, 6) is -0.939. The lowest BCUT2D eigenvalue weighted by molar-refractivity contribution is -0.125. The van der Waals surface area contributed by atoms with E-state index in [1.165, 1.54) is 0 Å². The van der Waals surface area contributed by atoms with Gasteiger partial charge in [0.1, 0.15) is 0 Å². The largest absolute Gasteiger partial charge is 0.296 e. The molecule has 1 aromatic rings. The van der Waals surface area contributed by atoms with Crippen LogP contribution in [0.3, 0.4) is 0 Å². The zero-order valence-electron chi connectivity index (χ0n) is 7.86. The van der Waals surface area contributed by atoms with Gasteiger partial charge in [-0.2, -0.15) is 0 Å². The second kappa shape index (κ2) is 3.25. The van der Waals surface area contributed by atoms with Crippen molar-refractivity contribution in [3.05, 3.63) is 35.9 Å². The van der Waals surface area contributed by atoms with Crippen LogP contribution in [0, 0.1) is 5.92 Å². The molecule has 2 amide bonds. The first-order valence-electron chi connectivity index (χ1n) is 4.60. The van der Waals surface area contributed by atoms with Crippen LogP contribution in [0.25, 0.3) is 0 Å². The summed E-state index contributed by atoms with van der Waals surface area (Å²) in [6, 6.07) is 9.39. The summed E-state index contributed by atoms with van der Waals surface area (Å²) >= 11 is 0. The number of benzene rings is 1. The zero-order chi connectivity index (χ0) is 10.1. The summed E-state index contributed by atoms with van der Waals surface area (Å²) < 4.78 is 0. The first-order valence-corrected chi connectivity index (χ1v) is 4.60. The van der Waals surface area contributed by atoms with Gasteiger partial charge in [-0.25, -0.2) is 0 Å². The number of nitrogens with one attached hydrogen (secondary N) is 1. The number of rotatable bonds is 1. The van der Waals surface area contributed by atoms with Gasteiger partial charge in [0.25, 0.3) is 0 Å². The Hall–Kier alpha value is -1.64. The molecular weight excluding hydrogens is 178 g/mol. The molecule has 2 atom stereocenters. The van der Waals surface area contributed by atoms with Gasteiger partial charge in [-0.3, -0.25) is 14.9 Å². The second-order valence-electron chi connectivity index (χ2n) is 3.53. The average Bonchev–Trinajstić information content (AvgIpc) is 2.43. The van der Waals surface area contributed by atoms with Crippen molar-refractivity contribution in [1.29, 1.82) is 0 Å². The summed E-state index contributed by atoms with van der Waals surface area (Å²) in [4.78, 5) is 22.7. The van der Waals surface area contributed by atoms with Gasteiger partial charge in [0.05, 0.1) is 11.8 Å². The molecule has 0 spiro atoms. The molecule has 1 aliphatic rings. The van der Waals surface area contributed by atoms with Crippen molar-refractivity contribution in [3.8, 4) is 0 Å². The van der Waals surface area contributed by atoms with Crippen LogP contribution in [0.15, 0.2) is 30.3 Å². The van der Waals surface area contributed by atoms with Crippen molar-refractivity contribution in [1.82, 2.24) is 5.32 Å². The Labute approximate surface area is 82.1 Å². The number of amides is 2. The maximum Gasteiger partial charge on any atom is 0.234 e. The molecule has 0 saturated carbocycles. The van der Waals surface area contributed by atoms with Gasteiger partial charge in [-0.1, -0.05) is 37.3 Å². The molecule has 0 aromatic heterocycles. The van der Waals surface area contributed by atoms with Crippen molar-refractivity contribution >= 4 is 11.8 Å². The monoisotopic (exact) mass is 189 g/mol. The molecule has 2 rings (SSSR count). The van der Waals surface area contributed by atoms with E-state index in [9.17, 15) is 9.59 Å². The maximum atomic E-state index is 11.5. The lowest BCUT2D eigenvalue weighted by atomic mass is 9.89. The van der Waals surface area contributed by atoms with E-state index in [2.05, 4.69) is 5.32 Å². The van der Waals surface area contributed by atoms with E-state index >= 15 is 0 Å². The van der Waals surface area contributed by atoms with E-state index in [1.54, 1.807) is 6.92 Å². The predicted molar refractivity (Wildman–Crippen MR) is 51.5 cm³/mol. The van der Waals surface area contributed by atoms with Gasteiger partial charge in [-0.15, -0.1) is 0 Å². The van der Waals surface area contributed by atoms with Crippen molar-refractivity contribution in [3.63, 3.8) is 0 Å². The van der Waals surface area contributed by atoms with Crippen molar-refractivity contribution < 1.29 is 9.59 Å². The van der Waals surface area contributed by atoms with Gasteiger partial charge >= 0.3 is 0 Å². The molecule has 3 heteroatoms. The minimum absolute atomic E-state index is 0.177. The van der Waals surface area contributed by atoms with Gasteiger partial charge in [0, 0.05) is 0 Å². The van der Waals surface area contributed by atoms with E-state index in [4.69, 9.17) is 0 Å². The van der Waals surface area contributed by atoms with Gasteiger partial charge in [0.15, 0.2) is 0 Å². The molecule has 1 heterocycles. The maximum absolute atomic E-state index is 11.5. The molecule has 14 heavy (non-hydrogen) atoms. The highest BCUT2D eigenvalue weighted by molar-refractivity contribution is 6.07. The molecule has 1 aliphatic heterocycles. The van der Waals surface area contributed by atoms with Crippen molar-refractivity contribution in [2.24, 2.45) is 5.92 Å². The van der Waals surface area contributed by atoms with Crippen LogP contribution < -0.4 is 5.32 Å². The molecule has 1 N–H and O–H groups in total. The normalized spacial score (nSPS) is 26.4. The third kappa shape index (κ3) is 1.31. The summed E-state index contributed by atoms with van der Waals surface area (Å²) in [6.45, 7) is 1.78. The molecule has 0 radical (unpaired) electrons. The van der Waals surface area contributed by atoms with E-state index in [-0.39, 0.29) is 23.7 Å². The zero-order valence-corrected chi connectivity index (χ0v) is 7.86. The Bertz CT molecular complexity index is 372. The van der Waals surface area contributed by atoms with E-state index < -0.39 is 0 Å². The fourth-order valence-electron chi connectivity index (χ4n) is 1.79. The standard InChI is InChI=1S/C11H11NO2/c1-7-9(11(14)12-10(7)13)8-5-3-2-4-6-8/h2-7,9H,1H3,(H,12,13,14)/t7-,9+/m0/s1. The number of imide groups is 1. The predicted octanol–water partition coefficient (Wildman–Crippen LogP) is 1.06. The van der Waals surface area contributed by atoms with Crippen LogP contribution in [0.4, 0.5) is 0 Å². The lowest BCUT2D eigenvalue weighted by Gasteiger charge is -2.10. The lowest BCUT2D eigenvalue weighted by Crippen LogP contribution is -2.21. The van der Waals surface area contributed by atoms with Crippen molar-refractivity contribution in [2.45, 2.75) is 12.8 Å². The molecule has 1 fully saturated rings. The Morgan fingerprint density at radius 2 is 1.71 bits per heavy atom. The molecule has 3 nitrogen and oxygen atoms in total. The molecule has 0 aliphatic carbocycles. The molecular formula is C11H11NO2. The topological polar surface area (TPSA) is 46.2 Å². The number of carbonyl (C=O) groups is 2. The molecule has 0 unspecified atom stereocenters. The Morgan fingerprint density at radius 3 is 2.21 bits per heavy atom. The van der Waals surface area contributed by atoms with Crippen LogP contribution in [-0.2, 0) is 9.59 Å². The average molecular weight is 189 g/mol. The minimum Gasteiger partial charge on any atom is -0.296 e. The highest BCUT2D eigenvalue weighted by Gasteiger charge is 2.39. The molecule has 72 valence electrons. The molecule has 1 aromatic carbocycles. The Balaban J connectivity index is 2.36. The van der Waals surface area contributed by atoms with E-state index in [0.717, 1.165) is 5.56 Å². The second-order valence-corrected chi connectivity index (χ2v) is 3.53. The van der Waals surface area contributed by atoms with E-state index in [1.807, 2.05) is 30.3 Å². The highest BCUT2D eigenvalue weighted by atomic mass is 16.2. The number of carbonyl (C=O) groups excluding carboxylic acids is 2. The van der Waals surface area contributed by atoms with Crippen LogP contribution in [0.1, 0.15) is 18.4 Å². The van der Waals surface area contributed by atoms with Gasteiger partial charge < -0.3 is 0 Å². The van der Waals surface area contributed by atoms with E-state index in [0.29, 0.717) is 0 Å².